The zero-order chi connectivity index (χ0) is 10.9. The lowest BCUT2D eigenvalue weighted by atomic mass is 10.5. The molecule has 0 fully saturated rings. The second-order valence-electron chi connectivity index (χ2n) is 3.25. The van der Waals surface area contributed by atoms with Crippen LogP contribution in [0, 0.1) is 0 Å². The average molecular weight is 222 g/mol. The Bertz CT molecular complexity index is 128. The summed E-state index contributed by atoms with van der Waals surface area (Å²) >= 11 is 0. The molecule has 0 bridgehead atoms. The molecule has 0 heterocycles. The van der Waals surface area contributed by atoms with E-state index in [2.05, 4.69) is 6.55 Å². The highest BCUT2D eigenvalue weighted by molar-refractivity contribution is 6.65. The molecular weight excluding hydrogens is 200 g/mol. The van der Waals surface area contributed by atoms with Crippen molar-refractivity contribution in [3.63, 3.8) is 0 Å². The van der Waals surface area contributed by atoms with Gasteiger partial charge in [0.1, 0.15) is 0 Å². The largest absolute Gasteiger partial charge is 0.398 e. The third-order valence-electron chi connectivity index (χ3n) is 2.21. The van der Waals surface area contributed by atoms with Crippen LogP contribution in [0.4, 0.5) is 0 Å². The van der Waals surface area contributed by atoms with Gasteiger partial charge in [0.25, 0.3) is 0 Å². The van der Waals surface area contributed by atoms with Gasteiger partial charge in [-0.15, -0.1) is 0 Å². The molecule has 0 saturated heterocycles. The Hall–Kier alpha value is 0.0569. The molecule has 86 valence electrons. The fraction of sp³-hybridized carbons (Fsp3) is 1.00. The molecule has 0 rings (SSSR count). The van der Waals surface area contributed by atoms with Crippen molar-refractivity contribution in [1.82, 2.24) is 0 Å². The molecule has 5 heteroatoms. The van der Waals surface area contributed by atoms with E-state index in [0.717, 1.165) is 19.1 Å². The third-order valence-corrected chi connectivity index (χ3v) is 5.20. The summed E-state index contributed by atoms with van der Waals surface area (Å²) in [5, 5.41) is 0. The van der Waals surface area contributed by atoms with Crippen LogP contribution in [0.5, 0.6) is 0 Å². The highest BCUT2D eigenvalue weighted by atomic mass is 28.4. The number of rotatable bonds is 9. The average Bonchev–Trinajstić information content (AvgIpc) is 2.23. The molecule has 0 unspecified atom stereocenters. The van der Waals surface area contributed by atoms with Gasteiger partial charge in [0, 0.05) is 27.9 Å². The molecule has 0 spiro atoms. The first kappa shape index (κ1) is 14.1. The van der Waals surface area contributed by atoms with E-state index in [1.165, 1.54) is 0 Å². The van der Waals surface area contributed by atoms with Gasteiger partial charge in [-0.3, -0.25) is 0 Å². The SMILES string of the molecule is COCCOCCC[Si](C)(OC)OC. The molecule has 0 amide bonds. The molecular formula is C9H22O4Si. The maximum absolute atomic E-state index is 5.35. The standard InChI is InChI=1S/C9H22O4Si/c1-10-7-8-13-6-5-9-14(4,11-2)12-3/h5-9H2,1-4H3. The van der Waals surface area contributed by atoms with Crippen molar-refractivity contribution >= 4 is 8.56 Å². The lowest BCUT2D eigenvalue weighted by Gasteiger charge is -2.22. The van der Waals surface area contributed by atoms with Crippen molar-refractivity contribution in [3.8, 4) is 0 Å². The molecule has 0 N–H and O–H groups in total. The third kappa shape index (κ3) is 6.50. The summed E-state index contributed by atoms with van der Waals surface area (Å²) in [6, 6.07) is 0.965. The normalized spacial score (nSPS) is 12.0. The molecule has 0 aliphatic rings. The van der Waals surface area contributed by atoms with Crippen LogP contribution >= 0.6 is 0 Å². The van der Waals surface area contributed by atoms with E-state index in [9.17, 15) is 0 Å². The summed E-state index contributed by atoms with van der Waals surface area (Å²) in [6.45, 7) is 4.12. The molecule has 4 nitrogen and oxygen atoms in total. The molecule has 0 aromatic carbocycles. The fourth-order valence-electron chi connectivity index (χ4n) is 1.03. The van der Waals surface area contributed by atoms with Crippen LogP contribution < -0.4 is 0 Å². The van der Waals surface area contributed by atoms with Crippen molar-refractivity contribution in [2.75, 3.05) is 41.2 Å². The maximum atomic E-state index is 5.35. The van der Waals surface area contributed by atoms with Crippen molar-refractivity contribution < 1.29 is 18.3 Å². The summed E-state index contributed by atoms with van der Waals surface area (Å²) in [7, 11) is 3.21. The van der Waals surface area contributed by atoms with Gasteiger partial charge in [0.2, 0.25) is 0 Å². The van der Waals surface area contributed by atoms with Gasteiger partial charge in [-0.25, -0.2) is 0 Å². The van der Waals surface area contributed by atoms with Crippen LogP contribution in [-0.4, -0.2) is 49.7 Å². The molecule has 0 radical (unpaired) electrons. The first-order valence-electron chi connectivity index (χ1n) is 4.85. The van der Waals surface area contributed by atoms with Gasteiger partial charge in [0.05, 0.1) is 13.2 Å². The zero-order valence-electron chi connectivity index (χ0n) is 9.67. The van der Waals surface area contributed by atoms with E-state index in [1.54, 1.807) is 21.3 Å². The summed E-state index contributed by atoms with van der Waals surface area (Å²) in [4.78, 5) is 0. The first-order valence-corrected chi connectivity index (χ1v) is 7.38. The molecule has 0 aliphatic carbocycles. The van der Waals surface area contributed by atoms with Gasteiger partial charge in [-0.2, -0.15) is 0 Å². The predicted octanol–water partition coefficient (Wildman–Crippen LogP) is 1.40. The maximum Gasteiger partial charge on any atom is 0.334 e. The highest BCUT2D eigenvalue weighted by Crippen LogP contribution is 2.13. The van der Waals surface area contributed by atoms with Gasteiger partial charge in [-0.1, -0.05) is 0 Å². The summed E-state index contributed by atoms with van der Waals surface area (Å²) in [5.74, 6) is 0. The molecule has 0 aromatic heterocycles. The van der Waals surface area contributed by atoms with Gasteiger partial charge in [-0.05, 0) is 19.0 Å². The monoisotopic (exact) mass is 222 g/mol. The second-order valence-corrected chi connectivity index (χ2v) is 6.83. The lowest BCUT2D eigenvalue weighted by molar-refractivity contribution is 0.0699. The Morgan fingerprint density at radius 3 is 2.07 bits per heavy atom. The Morgan fingerprint density at radius 2 is 1.57 bits per heavy atom. The van der Waals surface area contributed by atoms with E-state index in [-0.39, 0.29) is 0 Å². The minimum Gasteiger partial charge on any atom is -0.398 e. The number of hydrogen-bond donors (Lipinski definition) is 0. The van der Waals surface area contributed by atoms with Crippen LogP contribution in [0.1, 0.15) is 6.42 Å². The van der Waals surface area contributed by atoms with Crippen molar-refractivity contribution in [1.29, 1.82) is 0 Å². The van der Waals surface area contributed by atoms with Gasteiger partial charge >= 0.3 is 8.56 Å². The molecule has 0 aromatic rings. The van der Waals surface area contributed by atoms with Crippen molar-refractivity contribution in [2.45, 2.75) is 19.0 Å². The molecule has 0 aliphatic heterocycles. The van der Waals surface area contributed by atoms with E-state index in [0.29, 0.717) is 13.2 Å². The van der Waals surface area contributed by atoms with Crippen molar-refractivity contribution in [2.24, 2.45) is 0 Å². The zero-order valence-corrected chi connectivity index (χ0v) is 10.7. The lowest BCUT2D eigenvalue weighted by Crippen LogP contribution is -2.36. The Kier molecular flexibility index (Phi) is 8.41. The number of methoxy groups -OCH3 is 1. The van der Waals surface area contributed by atoms with Crippen LogP contribution in [0.3, 0.4) is 0 Å². The summed E-state index contributed by atoms with van der Waals surface area (Å²) in [5.41, 5.74) is 0. The Balaban J connectivity index is 3.34. The Labute approximate surface area is 87.7 Å². The Morgan fingerprint density at radius 1 is 0.929 bits per heavy atom. The van der Waals surface area contributed by atoms with Crippen LogP contribution in [0.15, 0.2) is 0 Å². The topological polar surface area (TPSA) is 36.9 Å². The fourth-order valence-corrected chi connectivity index (χ4v) is 2.39. The smallest absolute Gasteiger partial charge is 0.334 e. The van der Waals surface area contributed by atoms with E-state index < -0.39 is 8.56 Å². The minimum absolute atomic E-state index is 0.656. The number of hydrogen-bond acceptors (Lipinski definition) is 4. The van der Waals surface area contributed by atoms with Gasteiger partial charge < -0.3 is 18.3 Å². The van der Waals surface area contributed by atoms with E-state index in [4.69, 9.17) is 18.3 Å². The molecule has 0 atom stereocenters. The van der Waals surface area contributed by atoms with Crippen LogP contribution in [0.25, 0.3) is 0 Å². The molecule has 14 heavy (non-hydrogen) atoms. The van der Waals surface area contributed by atoms with Crippen LogP contribution in [0.2, 0.25) is 12.6 Å². The minimum atomic E-state index is -1.88. The molecule has 0 saturated carbocycles. The second kappa shape index (κ2) is 8.37. The van der Waals surface area contributed by atoms with E-state index >= 15 is 0 Å². The van der Waals surface area contributed by atoms with E-state index in [1.807, 2.05) is 0 Å². The summed E-state index contributed by atoms with van der Waals surface area (Å²) in [6.07, 6.45) is 0.980. The highest BCUT2D eigenvalue weighted by Gasteiger charge is 2.27. The van der Waals surface area contributed by atoms with Crippen LogP contribution in [-0.2, 0) is 18.3 Å². The van der Waals surface area contributed by atoms with Crippen molar-refractivity contribution in [3.05, 3.63) is 0 Å². The first-order chi connectivity index (χ1) is 6.68. The summed E-state index contributed by atoms with van der Waals surface area (Å²) < 4.78 is 20.9. The predicted molar refractivity (Wildman–Crippen MR) is 57.8 cm³/mol. The van der Waals surface area contributed by atoms with Gasteiger partial charge in [0.15, 0.2) is 0 Å². The number of ether oxygens (including phenoxy) is 2. The quantitative estimate of drug-likeness (QED) is 0.436.